The Morgan fingerprint density at radius 3 is 2.56 bits per heavy atom. The van der Waals surface area contributed by atoms with Gasteiger partial charge in [-0.25, -0.2) is 9.67 Å². The molecular weight excluding hydrogens is 418 g/mol. The normalized spacial score (nSPS) is 21.8. The Morgan fingerprint density at radius 2 is 1.91 bits per heavy atom. The standard InChI is InChI=1S/C20H27N5O4.CH2O2/c1-24-8-6-14(7-9-24)25-20(21-12-22-25)19-18(23-17(26)11-29-19)13-4-5-15(27-2)16(10-13)28-3;2-1-3/h4-5,10,12,14,18-19H,6-9,11H2,1-3H3,(H,23,26);1H,(H,2,3)/t18-,19+;/m1./s1. The number of likely N-dealkylation sites (tertiary alicyclic amines) is 1. The molecule has 2 N–H and O–H groups in total. The molecule has 0 bridgehead atoms. The van der Waals surface area contributed by atoms with Crippen LogP contribution in [-0.4, -0.2) is 78.1 Å². The van der Waals surface area contributed by atoms with E-state index in [1.165, 1.54) is 0 Å². The maximum absolute atomic E-state index is 12.1. The maximum atomic E-state index is 12.1. The molecule has 2 atom stereocenters. The average Bonchev–Trinajstić information content (AvgIpc) is 3.29. The molecule has 2 aliphatic rings. The predicted molar refractivity (Wildman–Crippen MR) is 114 cm³/mol. The van der Waals surface area contributed by atoms with E-state index >= 15 is 0 Å². The molecule has 2 aliphatic heterocycles. The summed E-state index contributed by atoms with van der Waals surface area (Å²) in [6.45, 7) is 1.78. The van der Waals surface area contributed by atoms with Crippen LogP contribution in [0.4, 0.5) is 0 Å². The SMILES string of the molecule is COc1ccc([C@H]2NC(=O)CO[C@@H]2c2ncnn2C2CCN(C)CC2)cc1OC.O=CO. The van der Waals surface area contributed by atoms with Gasteiger partial charge in [-0.3, -0.25) is 9.59 Å². The average molecular weight is 447 g/mol. The lowest BCUT2D eigenvalue weighted by Crippen LogP contribution is -2.43. The molecule has 0 unspecified atom stereocenters. The molecule has 11 nitrogen and oxygen atoms in total. The number of amides is 1. The molecule has 2 saturated heterocycles. The fourth-order valence-corrected chi connectivity index (χ4v) is 4.06. The molecular formula is C21H29N5O6. The van der Waals surface area contributed by atoms with Gasteiger partial charge < -0.3 is 29.5 Å². The number of methoxy groups -OCH3 is 2. The third-order valence-electron chi connectivity index (χ3n) is 5.67. The minimum atomic E-state index is -0.437. The van der Waals surface area contributed by atoms with E-state index in [0.29, 0.717) is 11.5 Å². The van der Waals surface area contributed by atoms with E-state index in [1.54, 1.807) is 20.5 Å². The summed E-state index contributed by atoms with van der Waals surface area (Å²) >= 11 is 0. The summed E-state index contributed by atoms with van der Waals surface area (Å²) in [6.07, 6.45) is 3.15. The molecule has 0 radical (unpaired) electrons. The van der Waals surface area contributed by atoms with Crippen molar-refractivity contribution >= 4 is 12.4 Å². The van der Waals surface area contributed by atoms with Crippen molar-refractivity contribution in [1.29, 1.82) is 0 Å². The molecule has 3 heterocycles. The third kappa shape index (κ3) is 5.17. The monoisotopic (exact) mass is 447 g/mol. The Morgan fingerprint density at radius 1 is 1.22 bits per heavy atom. The van der Waals surface area contributed by atoms with Crippen LogP contribution in [0.2, 0.25) is 0 Å². The Bertz CT molecular complexity index is 912. The number of hydrogen-bond acceptors (Lipinski definition) is 8. The van der Waals surface area contributed by atoms with Gasteiger partial charge in [-0.15, -0.1) is 0 Å². The first-order valence-electron chi connectivity index (χ1n) is 10.3. The second kappa shape index (κ2) is 10.9. The first-order chi connectivity index (χ1) is 15.5. The fraction of sp³-hybridized carbons (Fsp3) is 0.524. The summed E-state index contributed by atoms with van der Waals surface area (Å²) in [4.78, 5) is 27.3. The maximum Gasteiger partial charge on any atom is 0.290 e. The lowest BCUT2D eigenvalue weighted by molar-refractivity contribution is -0.138. The Balaban J connectivity index is 0.000000913. The van der Waals surface area contributed by atoms with Crippen molar-refractivity contribution in [2.75, 3.05) is 41.0 Å². The van der Waals surface area contributed by atoms with E-state index in [-0.39, 0.29) is 25.0 Å². The number of rotatable bonds is 5. The number of benzene rings is 1. The first-order valence-corrected chi connectivity index (χ1v) is 10.3. The van der Waals surface area contributed by atoms with Crippen molar-refractivity contribution in [3.8, 4) is 11.5 Å². The van der Waals surface area contributed by atoms with Gasteiger partial charge in [0.25, 0.3) is 6.47 Å². The molecule has 1 aromatic heterocycles. The fourth-order valence-electron chi connectivity index (χ4n) is 4.06. The Labute approximate surface area is 186 Å². The molecule has 0 saturated carbocycles. The van der Waals surface area contributed by atoms with Gasteiger partial charge in [-0.1, -0.05) is 6.07 Å². The van der Waals surface area contributed by atoms with E-state index in [4.69, 9.17) is 24.1 Å². The van der Waals surface area contributed by atoms with E-state index in [0.717, 1.165) is 37.3 Å². The van der Waals surface area contributed by atoms with E-state index in [2.05, 4.69) is 27.3 Å². The minimum Gasteiger partial charge on any atom is -0.493 e. The number of nitrogens with one attached hydrogen (secondary N) is 1. The molecule has 2 aromatic rings. The number of ether oxygens (including phenoxy) is 3. The number of carboxylic acid groups (broad SMARTS) is 1. The van der Waals surface area contributed by atoms with Crippen LogP contribution in [-0.2, 0) is 14.3 Å². The van der Waals surface area contributed by atoms with Crippen molar-refractivity contribution in [2.24, 2.45) is 0 Å². The highest BCUT2D eigenvalue weighted by molar-refractivity contribution is 5.78. The largest absolute Gasteiger partial charge is 0.493 e. The number of nitrogens with zero attached hydrogens (tertiary/aromatic N) is 4. The van der Waals surface area contributed by atoms with E-state index < -0.39 is 12.1 Å². The van der Waals surface area contributed by atoms with Gasteiger partial charge >= 0.3 is 0 Å². The zero-order chi connectivity index (χ0) is 23.1. The Kier molecular flexibility index (Phi) is 8.01. The molecule has 1 amide bonds. The van der Waals surface area contributed by atoms with Gasteiger partial charge in [0.1, 0.15) is 19.0 Å². The van der Waals surface area contributed by atoms with Gasteiger partial charge in [0.05, 0.1) is 26.3 Å². The van der Waals surface area contributed by atoms with Crippen LogP contribution in [0, 0.1) is 0 Å². The molecule has 0 aliphatic carbocycles. The molecule has 174 valence electrons. The van der Waals surface area contributed by atoms with Crippen LogP contribution in [0.25, 0.3) is 0 Å². The highest BCUT2D eigenvalue weighted by Crippen LogP contribution is 2.38. The number of morpholine rings is 1. The summed E-state index contributed by atoms with van der Waals surface area (Å²) in [5.74, 6) is 1.80. The lowest BCUT2D eigenvalue weighted by Gasteiger charge is -2.35. The topological polar surface area (TPSA) is 128 Å². The van der Waals surface area contributed by atoms with Gasteiger partial charge in [0.2, 0.25) is 5.91 Å². The quantitative estimate of drug-likeness (QED) is 0.650. The summed E-state index contributed by atoms with van der Waals surface area (Å²) in [5, 5.41) is 14.4. The zero-order valence-corrected chi connectivity index (χ0v) is 18.4. The van der Waals surface area contributed by atoms with Crippen LogP contribution in [0.1, 0.15) is 42.4 Å². The van der Waals surface area contributed by atoms with Crippen LogP contribution in [0.5, 0.6) is 11.5 Å². The number of carbonyl (C=O) groups is 2. The first kappa shape index (κ1) is 23.5. The summed E-state index contributed by atoms with van der Waals surface area (Å²) in [7, 11) is 5.31. The number of piperidine rings is 1. The number of hydrogen-bond donors (Lipinski definition) is 2. The summed E-state index contributed by atoms with van der Waals surface area (Å²) in [6, 6.07) is 5.47. The second-order valence-corrected chi connectivity index (χ2v) is 7.59. The van der Waals surface area contributed by atoms with Gasteiger partial charge in [0, 0.05) is 0 Å². The van der Waals surface area contributed by atoms with Crippen LogP contribution in [0.15, 0.2) is 24.5 Å². The molecule has 2 fully saturated rings. The van der Waals surface area contributed by atoms with Gasteiger partial charge in [0.15, 0.2) is 17.3 Å². The molecule has 1 aromatic carbocycles. The number of aromatic nitrogens is 3. The molecule has 0 spiro atoms. The second-order valence-electron chi connectivity index (χ2n) is 7.59. The van der Waals surface area contributed by atoms with Crippen molar-refractivity contribution in [2.45, 2.75) is 31.0 Å². The minimum absolute atomic E-state index is 0.00524. The van der Waals surface area contributed by atoms with Crippen LogP contribution in [0.3, 0.4) is 0 Å². The predicted octanol–water partition coefficient (Wildman–Crippen LogP) is 1.19. The molecule has 4 rings (SSSR count). The van der Waals surface area contributed by atoms with Crippen molar-refractivity contribution in [3.63, 3.8) is 0 Å². The zero-order valence-electron chi connectivity index (χ0n) is 18.4. The third-order valence-corrected chi connectivity index (χ3v) is 5.67. The van der Waals surface area contributed by atoms with Crippen molar-refractivity contribution < 1.29 is 28.9 Å². The lowest BCUT2D eigenvalue weighted by atomic mass is 9.98. The van der Waals surface area contributed by atoms with Crippen LogP contribution >= 0.6 is 0 Å². The van der Waals surface area contributed by atoms with E-state index in [1.807, 2.05) is 22.9 Å². The van der Waals surface area contributed by atoms with Gasteiger partial charge in [-0.2, -0.15) is 5.10 Å². The van der Waals surface area contributed by atoms with Crippen LogP contribution < -0.4 is 14.8 Å². The summed E-state index contributed by atoms with van der Waals surface area (Å²) < 4.78 is 18.7. The number of carbonyl (C=O) groups excluding carboxylic acids is 1. The van der Waals surface area contributed by atoms with Crippen molar-refractivity contribution in [3.05, 3.63) is 35.9 Å². The Hall–Kier alpha value is -3.18. The molecule has 11 heteroatoms. The summed E-state index contributed by atoms with van der Waals surface area (Å²) in [5.41, 5.74) is 0.860. The highest BCUT2D eigenvalue weighted by Gasteiger charge is 2.37. The van der Waals surface area contributed by atoms with Gasteiger partial charge in [-0.05, 0) is 50.7 Å². The van der Waals surface area contributed by atoms with E-state index in [9.17, 15) is 4.79 Å². The highest BCUT2D eigenvalue weighted by atomic mass is 16.5. The smallest absolute Gasteiger partial charge is 0.290 e. The van der Waals surface area contributed by atoms with Crippen molar-refractivity contribution in [1.82, 2.24) is 25.0 Å². The molecule has 32 heavy (non-hydrogen) atoms.